The molecule has 0 saturated carbocycles. The zero-order valence-electron chi connectivity index (χ0n) is 19.5. The molecule has 0 amide bonds. The Kier molecular flexibility index (Phi) is 7.97. The largest absolute Gasteiger partial charge is 0.497 e. The van der Waals surface area contributed by atoms with E-state index in [9.17, 15) is 0 Å². The molecule has 1 aliphatic rings. The third-order valence-electron chi connectivity index (χ3n) is 6.53. The fourth-order valence-corrected chi connectivity index (χ4v) is 4.78. The third-order valence-corrected chi connectivity index (χ3v) is 6.53. The number of likely N-dealkylation sites (tertiary alicyclic amines) is 1. The van der Waals surface area contributed by atoms with Gasteiger partial charge in [0.05, 0.1) is 7.11 Å². The van der Waals surface area contributed by atoms with Crippen LogP contribution < -0.4 is 4.74 Å². The topological polar surface area (TPSA) is 33.5 Å². The minimum Gasteiger partial charge on any atom is -0.497 e. The van der Waals surface area contributed by atoms with Gasteiger partial charge >= 0.3 is 0 Å². The summed E-state index contributed by atoms with van der Waals surface area (Å²) in [5.74, 6) is 2.67. The van der Waals surface area contributed by atoms with Gasteiger partial charge < -0.3 is 14.2 Å². The number of hydrogen-bond donors (Lipinski definition) is 0. The van der Waals surface area contributed by atoms with Crippen LogP contribution in [0.3, 0.4) is 0 Å². The smallest absolute Gasteiger partial charge is 0.136 e. The molecule has 0 spiro atoms. The summed E-state index contributed by atoms with van der Waals surface area (Å²) in [6.07, 6.45) is 7.68. The number of aromatic nitrogens is 2. The van der Waals surface area contributed by atoms with Crippen LogP contribution in [0.25, 0.3) is 5.82 Å². The van der Waals surface area contributed by atoms with E-state index in [0.717, 1.165) is 50.1 Å². The number of piperidine rings is 1. The monoisotopic (exact) mass is 432 g/mol. The summed E-state index contributed by atoms with van der Waals surface area (Å²) in [5.41, 5.74) is 2.66. The van der Waals surface area contributed by atoms with Gasteiger partial charge in [-0.15, -0.1) is 0 Å². The SMILES string of the molecule is CCN(Cc1cccn1-c1ccccn1)C[C@H]1CCCN(CCc2cccc(OC)c2)C1. The predicted molar refractivity (Wildman–Crippen MR) is 130 cm³/mol. The lowest BCUT2D eigenvalue weighted by atomic mass is 9.96. The number of methoxy groups -OCH3 is 1. The Morgan fingerprint density at radius 3 is 2.88 bits per heavy atom. The molecule has 1 aliphatic heterocycles. The van der Waals surface area contributed by atoms with Crippen molar-refractivity contribution in [3.05, 3.63) is 78.2 Å². The van der Waals surface area contributed by atoms with Crippen molar-refractivity contribution in [3.63, 3.8) is 0 Å². The number of rotatable bonds is 10. The van der Waals surface area contributed by atoms with Crippen LogP contribution in [0.2, 0.25) is 0 Å². The molecule has 0 radical (unpaired) electrons. The zero-order chi connectivity index (χ0) is 22.2. The first-order valence-electron chi connectivity index (χ1n) is 11.9. The van der Waals surface area contributed by atoms with Crippen molar-refractivity contribution < 1.29 is 4.74 Å². The van der Waals surface area contributed by atoms with Crippen LogP contribution in [0.5, 0.6) is 5.75 Å². The maximum atomic E-state index is 5.37. The third kappa shape index (κ3) is 5.99. The summed E-state index contributed by atoms with van der Waals surface area (Å²) in [6, 6.07) is 18.9. The lowest BCUT2D eigenvalue weighted by molar-refractivity contribution is 0.132. The van der Waals surface area contributed by atoms with Gasteiger partial charge in [-0.1, -0.05) is 25.1 Å². The lowest BCUT2D eigenvalue weighted by Gasteiger charge is -2.35. The molecule has 0 unspecified atom stereocenters. The van der Waals surface area contributed by atoms with Crippen LogP contribution in [0.4, 0.5) is 0 Å². The first-order valence-corrected chi connectivity index (χ1v) is 11.9. The zero-order valence-corrected chi connectivity index (χ0v) is 19.5. The van der Waals surface area contributed by atoms with E-state index >= 15 is 0 Å². The molecule has 2 aromatic heterocycles. The van der Waals surface area contributed by atoms with Gasteiger partial charge in [-0.05, 0) is 80.2 Å². The highest BCUT2D eigenvalue weighted by atomic mass is 16.5. The molecule has 0 bridgehead atoms. The van der Waals surface area contributed by atoms with E-state index in [1.54, 1.807) is 7.11 Å². The van der Waals surface area contributed by atoms with Crippen LogP contribution >= 0.6 is 0 Å². The van der Waals surface area contributed by atoms with Gasteiger partial charge in [-0.2, -0.15) is 0 Å². The number of ether oxygens (including phenoxy) is 1. The van der Waals surface area contributed by atoms with Crippen LogP contribution in [0.1, 0.15) is 31.0 Å². The Labute approximate surface area is 192 Å². The first-order chi connectivity index (χ1) is 15.7. The summed E-state index contributed by atoms with van der Waals surface area (Å²) in [4.78, 5) is 9.77. The summed E-state index contributed by atoms with van der Waals surface area (Å²) in [6.45, 7) is 8.99. The second-order valence-corrected chi connectivity index (χ2v) is 8.80. The fraction of sp³-hybridized carbons (Fsp3) is 0.444. The average Bonchev–Trinajstić information content (AvgIpc) is 3.31. The van der Waals surface area contributed by atoms with Crippen molar-refractivity contribution in [1.29, 1.82) is 0 Å². The molecule has 1 saturated heterocycles. The summed E-state index contributed by atoms with van der Waals surface area (Å²) in [5, 5.41) is 0. The van der Waals surface area contributed by atoms with Gasteiger partial charge in [-0.25, -0.2) is 4.98 Å². The van der Waals surface area contributed by atoms with E-state index < -0.39 is 0 Å². The highest BCUT2D eigenvalue weighted by molar-refractivity contribution is 5.29. The Morgan fingerprint density at radius 2 is 2.06 bits per heavy atom. The van der Waals surface area contributed by atoms with Gasteiger partial charge in [0, 0.05) is 44.3 Å². The van der Waals surface area contributed by atoms with Crippen molar-refractivity contribution >= 4 is 0 Å². The van der Waals surface area contributed by atoms with Crippen molar-refractivity contribution in [2.75, 3.05) is 39.8 Å². The average molecular weight is 433 g/mol. The van der Waals surface area contributed by atoms with E-state index in [0.29, 0.717) is 0 Å². The highest BCUT2D eigenvalue weighted by Gasteiger charge is 2.22. The number of nitrogens with zero attached hydrogens (tertiary/aromatic N) is 4. The molecule has 3 heterocycles. The van der Waals surface area contributed by atoms with Crippen LogP contribution in [-0.2, 0) is 13.0 Å². The standard InChI is InChI=1S/C27H36N4O/c1-3-29(22-25-11-8-17-31(25)27-13-4-5-15-28-27)20-24-10-7-16-30(21-24)18-14-23-9-6-12-26(19-23)32-2/h4-6,8-9,11-13,15,17,19,24H,3,7,10,14,16,18,20-22H2,1-2H3/t24-/m1/s1. The lowest BCUT2D eigenvalue weighted by Crippen LogP contribution is -2.41. The molecule has 4 rings (SSSR count). The molecule has 0 aliphatic carbocycles. The molecule has 1 atom stereocenters. The highest BCUT2D eigenvalue weighted by Crippen LogP contribution is 2.21. The summed E-state index contributed by atoms with van der Waals surface area (Å²) >= 11 is 0. The maximum absolute atomic E-state index is 5.37. The Hall–Kier alpha value is -2.63. The fourth-order valence-electron chi connectivity index (χ4n) is 4.78. The van der Waals surface area contributed by atoms with Crippen LogP contribution in [0, 0.1) is 5.92 Å². The number of hydrogen-bond acceptors (Lipinski definition) is 4. The molecular weight excluding hydrogens is 396 g/mol. The van der Waals surface area contributed by atoms with E-state index in [1.165, 1.54) is 37.2 Å². The second kappa shape index (κ2) is 11.3. The van der Waals surface area contributed by atoms with E-state index in [2.05, 4.69) is 68.9 Å². The molecular formula is C27H36N4O. The van der Waals surface area contributed by atoms with Gasteiger partial charge in [0.2, 0.25) is 0 Å². The Morgan fingerprint density at radius 1 is 1.12 bits per heavy atom. The van der Waals surface area contributed by atoms with Crippen molar-refractivity contribution in [3.8, 4) is 11.6 Å². The molecule has 0 N–H and O–H groups in total. The summed E-state index contributed by atoms with van der Waals surface area (Å²) < 4.78 is 7.59. The minimum absolute atomic E-state index is 0.729. The van der Waals surface area contributed by atoms with E-state index in [-0.39, 0.29) is 0 Å². The van der Waals surface area contributed by atoms with Crippen LogP contribution in [-0.4, -0.2) is 59.2 Å². The Bertz CT molecular complexity index is 955. The van der Waals surface area contributed by atoms with Crippen molar-refractivity contribution in [2.45, 2.75) is 32.7 Å². The minimum atomic E-state index is 0.729. The number of pyridine rings is 1. The molecule has 3 aromatic rings. The quantitative estimate of drug-likeness (QED) is 0.467. The predicted octanol–water partition coefficient (Wildman–Crippen LogP) is 4.66. The molecule has 170 valence electrons. The van der Waals surface area contributed by atoms with Gasteiger partial charge in [0.15, 0.2) is 0 Å². The molecule has 5 nitrogen and oxygen atoms in total. The molecule has 1 aromatic carbocycles. The normalized spacial score (nSPS) is 17.0. The van der Waals surface area contributed by atoms with Crippen molar-refractivity contribution in [2.24, 2.45) is 5.92 Å². The summed E-state index contributed by atoms with van der Waals surface area (Å²) in [7, 11) is 1.74. The molecule has 5 heteroatoms. The second-order valence-electron chi connectivity index (χ2n) is 8.80. The van der Waals surface area contributed by atoms with E-state index in [4.69, 9.17) is 4.74 Å². The molecule has 32 heavy (non-hydrogen) atoms. The van der Waals surface area contributed by atoms with E-state index in [1.807, 2.05) is 24.4 Å². The van der Waals surface area contributed by atoms with Gasteiger partial charge in [-0.3, -0.25) is 4.90 Å². The van der Waals surface area contributed by atoms with Gasteiger partial charge in [0.1, 0.15) is 11.6 Å². The Balaban J connectivity index is 1.31. The molecule has 1 fully saturated rings. The number of benzene rings is 1. The first kappa shape index (κ1) is 22.6. The van der Waals surface area contributed by atoms with Crippen molar-refractivity contribution in [1.82, 2.24) is 19.4 Å². The maximum Gasteiger partial charge on any atom is 0.136 e. The van der Waals surface area contributed by atoms with Crippen LogP contribution in [0.15, 0.2) is 67.0 Å². The van der Waals surface area contributed by atoms with Gasteiger partial charge in [0.25, 0.3) is 0 Å².